The van der Waals surface area contributed by atoms with E-state index in [4.69, 9.17) is 9.72 Å². The van der Waals surface area contributed by atoms with Gasteiger partial charge in [-0.3, -0.25) is 4.79 Å². The highest BCUT2D eigenvalue weighted by molar-refractivity contribution is 5.97. The smallest absolute Gasteiger partial charge is 0.326 e. The molecule has 10 heteroatoms. The molecule has 1 aromatic carbocycles. The van der Waals surface area contributed by atoms with Gasteiger partial charge in [0.15, 0.2) is 0 Å². The lowest BCUT2D eigenvalue weighted by Crippen LogP contribution is -2.48. The van der Waals surface area contributed by atoms with Crippen LogP contribution >= 0.6 is 0 Å². The number of carboxylic acids is 1. The second kappa shape index (κ2) is 13.0. The van der Waals surface area contributed by atoms with Crippen molar-refractivity contribution in [3.63, 3.8) is 0 Å². The second-order valence-electron chi connectivity index (χ2n) is 11.2. The zero-order chi connectivity index (χ0) is 28.0. The van der Waals surface area contributed by atoms with E-state index in [2.05, 4.69) is 21.6 Å². The van der Waals surface area contributed by atoms with E-state index < -0.39 is 23.6 Å². The minimum atomic E-state index is -1.34. The first-order valence-corrected chi connectivity index (χ1v) is 14.5. The van der Waals surface area contributed by atoms with Gasteiger partial charge < -0.3 is 30.3 Å². The van der Waals surface area contributed by atoms with Crippen LogP contribution < -0.4 is 15.5 Å². The number of aryl methyl sites for hydroxylation is 2. The van der Waals surface area contributed by atoms with Crippen LogP contribution in [-0.2, 0) is 22.4 Å². The average Bonchev–Trinajstić information content (AvgIpc) is 2.98. The zero-order valence-corrected chi connectivity index (χ0v) is 23.0. The van der Waals surface area contributed by atoms with Crippen molar-refractivity contribution >= 4 is 23.4 Å². The molecule has 3 aliphatic rings. The van der Waals surface area contributed by atoms with Crippen LogP contribution in [0.4, 0.5) is 15.9 Å². The van der Waals surface area contributed by atoms with Crippen LogP contribution in [0.25, 0.3) is 0 Å². The van der Waals surface area contributed by atoms with Crippen molar-refractivity contribution in [2.24, 2.45) is 0 Å². The summed E-state index contributed by atoms with van der Waals surface area (Å²) in [5.41, 5.74) is 2.11. The Bertz CT molecular complexity index is 1190. The molecule has 3 aliphatic heterocycles. The number of amides is 1. The first-order valence-electron chi connectivity index (χ1n) is 14.5. The number of nitrogens with zero attached hydrogens (tertiary/aromatic N) is 3. The van der Waals surface area contributed by atoms with Gasteiger partial charge in [-0.15, -0.1) is 0 Å². The molecule has 5 rings (SSSR count). The number of hydrogen-bond acceptors (Lipinski definition) is 7. The van der Waals surface area contributed by atoms with Gasteiger partial charge >= 0.3 is 5.97 Å². The van der Waals surface area contributed by atoms with E-state index in [1.807, 2.05) is 17.0 Å². The number of nitrogens with one attached hydrogen (secondary N) is 2. The third kappa shape index (κ3) is 7.28. The molecule has 0 saturated carbocycles. The number of ether oxygens (including phenoxy) is 1. The summed E-state index contributed by atoms with van der Waals surface area (Å²) in [4.78, 5) is 33.8. The second-order valence-corrected chi connectivity index (χ2v) is 11.2. The van der Waals surface area contributed by atoms with Gasteiger partial charge in [0.2, 0.25) is 0 Å². The van der Waals surface area contributed by atoms with Crippen molar-refractivity contribution in [3.8, 4) is 0 Å². The Hall–Kier alpha value is -3.24. The van der Waals surface area contributed by atoms with E-state index in [0.717, 1.165) is 49.7 Å². The van der Waals surface area contributed by atoms with Gasteiger partial charge in [0.05, 0.1) is 13.2 Å². The number of carboxylic acid groups (broad SMARTS) is 1. The lowest BCUT2D eigenvalue weighted by atomic mass is 9.89. The number of alkyl halides is 1. The van der Waals surface area contributed by atoms with Crippen LogP contribution in [0, 0.1) is 0 Å². The number of aliphatic carboxylic acids is 1. The number of piperidine rings is 1. The molecule has 4 heterocycles. The fraction of sp³-hybridized carbons (Fsp3) is 0.567. The molecule has 2 fully saturated rings. The maximum absolute atomic E-state index is 15.9. The molecule has 1 amide bonds. The topological polar surface area (TPSA) is 107 Å². The van der Waals surface area contributed by atoms with Crippen LogP contribution in [0.15, 0.2) is 36.4 Å². The molecule has 0 aliphatic carbocycles. The minimum absolute atomic E-state index is 0.207. The molecule has 3 N–H and O–H groups in total. The van der Waals surface area contributed by atoms with E-state index in [1.54, 1.807) is 18.2 Å². The Morgan fingerprint density at radius 1 is 1.18 bits per heavy atom. The monoisotopic (exact) mass is 553 g/mol. The summed E-state index contributed by atoms with van der Waals surface area (Å²) in [5, 5.41) is 15.8. The molecule has 216 valence electrons. The number of likely N-dealkylation sites (tertiary alicyclic amines) is 1. The maximum atomic E-state index is 15.9. The minimum Gasteiger partial charge on any atom is -0.480 e. The SMILES string of the molecule is O=C(N[C@@H](CCN1CCC[C@@](F)(CCc2ccc3c(n2)NCCC3)C1)C(=O)O)c1cccc(N2CCOCC2)c1. The third-order valence-corrected chi connectivity index (χ3v) is 8.21. The molecule has 2 saturated heterocycles. The first-order chi connectivity index (χ1) is 19.4. The molecule has 0 bridgehead atoms. The highest BCUT2D eigenvalue weighted by atomic mass is 19.1. The van der Waals surface area contributed by atoms with Crippen LogP contribution in [0.5, 0.6) is 0 Å². The largest absolute Gasteiger partial charge is 0.480 e. The van der Waals surface area contributed by atoms with E-state index in [1.165, 1.54) is 5.56 Å². The van der Waals surface area contributed by atoms with E-state index in [0.29, 0.717) is 57.6 Å². The molecular formula is C30H40FN5O4. The summed E-state index contributed by atoms with van der Waals surface area (Å²) in [5.74, 6) is -0.585. The number of hydrogen-bond donors (Lipinski definition) is 3. The van der Waals surface area contributed by atoms with Gasteiger partial charge in [0, 0.05) is 49.7 Å². The van der Waals surface area contributed by atoms with E-state index in [-0.39, 0.29) is 13.0 Å². The fourth-order valence-electron chi connectivity index (χ4n) is 5.91. The normalized spacial score (nSPS) is 22.2. The Morgan fingerprint density at radius 2 is 2.02 bits per heavy atom. The molecule has 1 aromatic heterocycles. The number of rotatable bonds is 10. The zero-order valence-electron chi connectivity index (χ0n) is 23.0. The maximum Gasteiger partial charge on any atom is 0.326 e. The molecule has 40 heavy (non-hydrogen) atoms. The molecule has 2 atom stereocenters. The standard InChI is InChI=1S/C30H40FN5O4/c31-30(12-9-24-8-7-22-5-2-13-32-27(22)33-24)11-3-14-35(21-30)15-10-26(29(38)39)34-28(37)23-4-1-6-25(20-23)36-16-18-40-19-17-36/h1,4,6-8,20,26H,2-3,5,9-19,21H2,(H,32,33)(H,34,37)(H,38,39)/t26-,30+/m0/s1. The first kappa shape index (κ1) is 28.3. The van der Waals surface area contributed by atoms with Crippen molar-refractivity contribution in [1.29, 1.82) is 0 Å². The Labute approximate surface area is 235 Å². The number of benzene rings is 1. The summed E-state index contributed by atoms with van der Waals surface area (Å²) in [6.45, 7) is 5.06. The van der Waals surface area contributed by atoms with Gasteiger partial charge in [-0.05, 0) is 81.3 Å². The quantitative estimate of drug-likeness (QED) is 0.412. The predicted octanol–water partition coefficient (Wildman–Crippen LogP) is 3.29. The Kier molecular flexibility index (Phi) is 9.16. The number of morpholine rings is 1. The van der Waals surface area contributed by atoms with Gasteiger partial charge in [-0.1, -0.05) is 12.1 Å². The number of carbonyl (C=O) groups is 2. The van der Waals surface area contributed by atoms with Crippen molar-refractivity contribution in [1.82, 2.24) is 15.2 Å². The fourth-order valence-corrected chi connectivity index (χ4v) is 5.91. The lowest BCUT2D eigenvalue weighted by Gasteiger charge is -2.38. The summed E-state index contributed by atoms with van der Waals surface area (Å²) >= 11 is 0. The van der Waals surface area contributed by atoms with Crippen molar-refractivity contribution in [2.75, 3.05) is 62.7 Å². The molecule has 2 aromatic rings. The Morgan fingerprint density at radius 3 is 2.85 bits per heavy atom. The number of fused-ring (bicyclic) bond motifs is 1. The van der Waals surface area contributed by atoms with Gasteiger partial charge in [-0.2, -0.15) is 0 Å². The van der Waals surface area contributed by atoms with Gasteiger partial charge in [0.1, 0.15) is 17.5 Å². The van der Waals surface area contributed by atoms with Crippen LogP contribution in [0.1, 0.15) is 53.7 Å². The molecular weight excluding hydrogens is 513 g/mol. The van der Waals surface area contributed by atoms with Crippen LogP contribution in [0.2, 0.25) is 0 Å². The third-order valence-electron chi connectivity index (χ3n) is 8.21. The van der Waals surface area contributed by atoms with Crippen LogP contribution in [0.3, 0.4) is 0 Å². The van der Waals surface area contributed by atoms with Crippen molar-refractivity contribution in [3.05, 3.63) is 53.2 Å². The number of carbonyl (C=O) groups excluding carboxylic acids is 1. The van der Waals surface area contributed by atoms with E-state index in [9.17, 15) is 14.7 Å². The average molecular weight is 554 g/mol. The molecule has 9 nitrogen and oxygen atoms in total. The highest BCUT2D eigenvalue weighted by Gasteiger charge is 2.35. The summed E-state index contributed by atoms with van der Waals surface area (Å²) in [6, 6.07) is 10.3. The predicted molar refractivity (Wildman–Crippen MR) is 152 cm³/mol. The summed E-state index contributed by atoms with van der Waals surface area (Å²) in [6.07, 6.45) is 4.49. The van der Waals surface area contributed by atoms with Gasteiger partial charge in [0.25, 0.3) is 5.91 Å². The number of pyridine rings is 1. The van der Waals surface area contributed by atoms with Gasteiger partial charge in [-0.25, -0.2) is 14.2 Å². The van der Waals surface area contributed by atoms with E-state index >= 15 is 4.39 Å². The lowest BCUT2D eigenvalue weighted by molar-refractivity contribution is -0.139. The van der Waals surface area contributed by atoms with Crippen LogP contribution in [-0.4, -0.2) is 91.1 Å². The number of anilines is 2. The van der Waals surface area contributed by atoms with Crippen molar-refractivity contribution in [2.45, 2.75) is 56.7 Å². The molecule has 0 radical (unpaired) electrons. The number of aromatic nitrogens is 1. The summed E-state index contributed by atoms with van der Waals surface area (Å²) in [7, 11) is 0. The molecule has 0 spiro atoms. The molecule has 0 unspecified atom stereocenters. The highest BCUT2D eigenvalue weighted by Crippen LogP contribution is 2.31. The number of halogens is 1. The Balaban J connectivity index is 1.13. The van der Waals surface area contributed by atoms with Crippen molar-refractivity contribution < 1.29 is 23.8 Å². The summed E-state index contributed by atoms with van der Waals surface area (Å²) < 4.78 is 21.3.